The van der Waals surface area contributed by atoms with Crippen molar-refractivity contribution in [3.63, 3.8) is 0 Å². The van der Waals surface area contributed by atoms with Crippen LogP contribution in [0.3, 0.4) is 0 Å². The maximum atomic E-state index is 2.55. The van der Waals surface area contributed by atoms with Crippen LogP contribution in [0.15, 0.2) is 23.2 Å². The van der Waals surface area contributed by atoms with Crippen molar-refractivity contribution in [3.8, 4) is 0 Å². The van der Waals surface area contributed by atoms with Crippen molar-refractivity contribution in [1.29, 1.82) is 0 Å². The highest BCUT2D eigenvalue weighted by Crippen LogP contribution is 2.40. The molecule has 1 heterocycles. The molecule has 2 aliphatic rings. The van der Waals surface area contributed by atoms with Crippen LogP contribution >= 0.6 is 0 Å². The van der Waals surface area contributed by atoms with Gasteiger partial charge in [0.15, 0.2) is 6.71 Å². The molecule has 2 atom stereocenters. The largest absolute Gasteiger partial charge is 0.170 e. The Morgan fingerprint density at radius 2 is 2.13 bits per heavy atom. The fourth-order valence-corrected chi connectivity index (χ4v) is 3.34. The van der Waals surface area contributed by atoms with E-state index in [4.69, 9.17) is 0 Å². The molecular formula is C14H23B. The third kappa shape index (κ3) is 2.38. The van der Waals surface area contributed by atoms with Crippen LogP contribution in [0.4, 0.5) is 0 Å². The fraction of sp³-hybridized carbons (Fsp3) is 0.714. The Balaban J connectivity index is 2.14. The van der Waals surface area contributed by atoms with Crippen LogP contribution in [0.1, 0.15) is 46.0 Å². The van der Waals surface area contributed by atoms with E-state index in [9.17, 15) is 0 Å². The number of hydrogen-bond donors (Lipinski definition) is 0. The minimum atomic E-state index is 0.769. The molecular weight excluding hydrogens is 179 g/mol. The number of hydrogen-bond acceptors (Lipinski definition) is 0. The van der Waals surface area contributed by atoms with E-state index in [0.717, 1.165) is 18.4 Å². The van der Waals surface area contributed by atoms with Crippen LogP contribution in [0.25, 0.3) is 0 Å². The summed E-state index contributed by atoms with van der Waals surface area (Å²) in [5, 5.41) is 0. The lowest BCUT2D eigenvalue weighted by Crippen LogP contribution is -2.24. The Kier molecular flexibility index (Phi) is 3.38. The summed E-state index contributed by atoms with van der Waals surface area (Å²) in [6.07, 6.45) is 9.40. The maximum absolute atomic E-state index is 2.55. The molecule has 0 fully saturated rings. The van der Waals surface area contributed by atoms with Crippen LogP contribution in [0.2, 0.25) is 12.6 Å². The van der Waals surface area contributed by atoms with E-state index in [1.165, 1.54) is 32.1 Å². The normalized spacial score (nSPS) is 32.3. The lowest BCUT2D eigenvalue weighted by Gasteiger charge is -2.33. The van der Waals surface area contributed by atoms with Crippen LogP contribution in [0, 0.1) is 5.92 Å². The molecule has 0 saturated heterocycles. The first kappa shape index (κ1) is 11.0. The summed E-state index contributed by atoms with van der Waals surface area (Å²) in [5.41, 5.74) is 3.38. The van der Waals surface area contributed by atoms with Gasteiger partial charge < -0.3 is 0 Å². The van der Waals surface area contributed by atoms with Gasteiger partial charge in [-0.3, -0.25) is 0 Å². The molecule has 82 valence electrons. The Hall–Kier alpha value is -0.455. The van der Waals surface area contributed by atoms with Crippen LogP contribution in [-0.2, 0) is 0 Å². The second kappa shape index (κ2) is 4.59. The van der Waals surface area contributed by atoms with Gasteiger partial charge in [-0.15, -0.1) is 5.98 Å². The number of allylic oxidation sites excluding steroid dienone is 3. The lowest BCUT2D eigenvalue weighted by molar-refractivity contribution is 0.522. The van der Waals surface area contributed by atoms with Gasteiger partial charge in [0.2, 0.25) is 0 Å². The summed E-state index contributed by atoms with van der Waals surface area (Å²) in [6, 6.07) is 0. The Morgan fingerprint density at radius 1 is 1.33 bits per heavy atom. The summed E-state index contributed by atoms with van der Waals surface area (Å²) in [5.74, 6) is 4.19. The molecule has 1 unspecified atom stereocenters. The maximum Gasteiger partial charge on any atom is 0.170 e. The smallest absolute Gasteiger partial charge is 0.116 e. The summed E-state index contributed by atoms with van der Waals surface area (Å²) in [6.45, 7) is 7.87. The van der Waals surface area contributed by atoms with Crippen LogP contribution in [-0.4, -0.2) is 6.71 Å². The first-order valence-corrected chi connectivity index (χ1v) is 6.55. The quantitative estimate of drug-likeness (QED) is 0.433. The highest BCUT2D eigenvalue weighted by Gasteiger charge is 2.29. The predicted octanol–water partition coefficient (Wildman–Crippen LogP) is 4.51. The molecule has 0 aromatic heterocycles. The van der Waals surface area contributed by atoms with E-state index in [1.54, 1.807) is 11.1 Å². The SMILES string of the molecule is CB1C=C(C)CCC1C1=CCCC[C@@H]1C. The van der Waals surface area contributed by atoms with Crippen molar-refractivity contribution in [3.05, 3.63) is 23.2 Å². The third-order valence-electron chi connectivity index (χ3n) is 4.25. The van der Waals surface area contributed by atoms with Gasteiger partial charge in [0.05, 0.1) is 0 Å². The zero-order chi connectivity index (χ0) is 10.8. The second-order valence-corrected chi connectivity index (χ2v) is 5.55. The Labute approximate surface area is 94.9 Å². The van der Waals surface area contributed by atoms with Crippen molar-refractivity contribution in [2.24, 2.45) is 5.92 Å². The minimum Gasteiger partial charge on any atom is -0.116 e. The average molecular weight is 202 g/mol. The molecule has 0 radical (unpaired) electrons. The summed E-state index contributed by atoms with van der Waals surface area (Å²) in [4.78, 5) is 0. The summed E-state index contributed by atoms with van der Waals surface area (Å²) >= 11 is 0. The molecule has 1 heteroatoms. The van der Waals surface area contributed by atoms with Gasteiger partial charge in [-0.05, 0) is 50.8 Å². The van der Waals surface area contributed by atoms with Gasteiger partial charge in [-0.1, -0.05) is 31.0 Å². The fourth-order valence-electron chi connectivity index (χ4n) is 3.34. The molecule has 0 amide bonds. The predicted molar refractivity (Wildman–Crippen MR) is 69.5 cm³/mol. The Bertz CT molecular complexity index is 288. The first-order chi connectivity index (χ1) is 7.18. The first-order valence-electron chi connectivity index (χ1n) is 6.55. The molecule has 1 aliphatic heterocycles. The van der Waals surface area contributed by atoms with Gasteiger partial charge in [0.25, 0.3) is 0 Å². The van der Waals surface area contributed by atoms with Crippen molar-refractivity contribution in [2.45, 2.75) is 58.6 Å². The van der Waals surface area contributed by atoms with Crippen molar-refractivity contribution < 1.29 is 0 Å². The van der Waals surface area contributed by atoms with Gasteiger partial charge in [0, 0.05) is 0 Å². The van der Waals surface area contributed by atoms with Crippen molar-refractivity contribution in [1.82, 2.24) is 0 Å². The summed E-state index contributed by atoms with van der Waals surface area (Å²) in [7, 11) is 0. The molecule has 0 saturated carbocycles. The minimum absolute atomic E-state index is 0.769. The second-order valence-electron chi connectivity index (χ2n) is 5.55. The van der Waals surface area contributed by atoms with E-state index in [-0.39, 0.29) is 0 Å². The van der Waals surface area contributed by atoms with Crippen LogP contribution < -0.4 is 0 Å². The highest BCUT2D eigenvalue weighted by atomic mass is 14.2. The molecule has 0 nitrogen and oxygen atoms in total. The van der Waals surface area contributed by atoms with Crippen molar-refractivity contribution >= 4 is 6.71 Å². The average Bonchev–Trinajstić information content (AvgIpc) is 2.20. The standard InChI is InChI=1S/C14H23B/c1-11-8-9-14(15(3)10-11)13-7-5-4-6-12(13)2/h7,10,12,14H,4-6,8-9H2,1-3H3/t12-,14?/m0/s1. The van der Waals surface area contributed by atoms with Crippen LogP contribution in [0.5, 0.6) is 0 Å². The van der Waals surface area contributed by atoms with Gasteiger partial charge in [0.1, 0.15) is 0 Å². The molecule has 0 aromatic carbocycles. The lowest BCUT2D eigenvalue weighted by atomic mass is 9.37. The van der Waals surface area contributed by atoms with E-state index in [0.29, 0.717) is 0 Å². The van der Waals surface area contributed by atoms with E-state index >= 15 is 0 Å². The van der Waals surface area contributed by atoms with E-state index < -0.39 is 0 Å². The molecule has 0 aromatic rings. The third-order valence-corrected chi connectivity index (χ3v) is 4.25. The molecule has 1 aliphatic carbocycles. The van der Waals surface area contributed by atoms with Crippen molar-refractivity contribution in [2.75, 3.05) is 0 Å². The topological polar surface area (TPSA) is 0 Å². The zero-order valence-electron chi connectivity index (χ0n) is 10.4. The Morgan fingerprint density at radius 3 is 2.80 bits per heavy atom. The van der Waals surface area contributed by atoms with E-state index in [2.05, 4.69) is 32.7 Å². The highest BCUT2D eigenvalue weighted by molar-refractivity contribution is 6.65. The summed E-state index contributed by atoms with van der Waals surface area (Å²) < 4.78 is 0. The molecule has 0 bridgehead atoms. The van der Waals surface area contributed by atoms with Gasteiger partial charge in [-0.25, -0.2) is 0 Å². The monoisotopic (exact) mass is 202 g/mol. The molecule has 15 heavy (non-hydrogen) atoms. The molecule has 0 spiro atoms. The van der Waals surface area contributed by atoms with Gasteiger partial charge >= 0.3 is 0 Å². The molecule has 2 rings (SSSR count). The van der Waals surface area contributed by atoms with E-state index in [1.807, 2.05) is 0 Å². The number of rotatable bonds is 1. The zero-order valence-corrected chi connectivity index (χ0v) is 10.4. The molecule has 0 N–H and O–H groups in total. The van der Waals surface area contributed by atoms with Gasteiger partial charge in [-0.2, -0.15) is 0 Å².